The number of halogens is 4. The Morgan fingerprint density at radius 3 is 2.43 bits per heavy atom. The molecule has 2 aromatic rings. The van der Waals surface area contributed by atoms with Crippen molar-refractivity contribution in [3.63, 3.8) is 0 Å². The normalized spacial score (nSPS) is 11.4. The lowest BCUT2D eigenvalue weighted by Crippen LogP contribution is -2.08. The van der Waals surface area contributed by atoms with E-state index in [9.17, 15) is 27.7 Å². The fourth-order valence-electron chi connectivity index (χ4n) is 1.68. The van der Waals surface area contributed by atoms with E-state index in [-0.39, 0.29) is 11.3 Å². The molecule has 1 aromatic heterocycles. The van der Waals surface area contributed by atoms with Crippen LogP contribution in [0.3, 0.4) is 0 Å². The van der Waals surface area contributed by atoms with E-state index in [1.165, 1.54) is 0 Å². The molecule has 6 nitrogen and oxygen atoms in total. The van der Waals surface area contributed by atoms with Crippen molar-refractivity contribution in [2.24, 2.45) is 0 Å². The number of nitro groups is 1. The first-order valence-corrected chi connectivity index (χ1v) is 5.34. The van der Waals surface area contributed by atoms with Crippen molar-refractivity contribution in [3.8, 4) is 11.3 Å². The van der Waals surface area contributed by atoms with Crippen molar-refractivity contribution in [1.82, 2.24) is 9.97 Å². The molecule has 0 saturated carbocycles. The summed E-state index contributed by atoms with van der Waals surface area (Å²) in [4.78, 5) is 17.0. The summed E-state index contributed by atoms with van der Waals surface area (Å²) in [5.74, 6) is -2.03. The number of rotatable bonds is 2. The molecule has 2 rings (SSSR count). The number of anilines is 1. The molecule has 0 aliphatic carbocycles. The minimum atomic E-state index is -4.86. The Labute approximate surface area is 114 Å². The molecule has 0 aliphatic heterocycles. The summed E-state index contributed by atoms with van der Waals surface area (Å²) in [6.07, 6.45) is -3.97. The SMILES string of the molecule is Nc1ncnc(-c2ccc(C(F)(F)F)c(F)c2)c1[N+](=O)[O-]. The van der Waals surface area contributed by atoms with Gasteiger partial charge in [-0.3, -0.25) is 10.1 Å². The third-order valence-corrected chi connectivity index (χ3v) is 2.58. The van der Waals surface area contributed by atoms with Gasteiger partial charge in [-0.25, -0.2) is 14.4 Å². The summed E-state index contributed by atoms with van der Waals surface area (Å²) < 4.78 is 50.9. The van der Waals surface area contributed by atoms with E-state index in [0.29, 0.717) is 12.1 Å². The van der Waals surface area contributed by atoms with Crippen molar-refractivity contribution < 1.29 is 22.5 Å². The number of aromatic nitrogens is 2. The van der Waals surface area contributed by atoms with E-state index in [1.807, 2.05) is 0 Å². The van der Waals surface area contributed by atoms with Crippen LogP contribution in [0.4, 0.5) is 29.1 Å². The third kappa shape index (κ3) is 2.73. The predicted octanol–water partition coefficient (Wildman–Crippen LogP) is 2.79. The van der Waals surface area contributed by atoms with E-state index in [0.717, 1.165) is 12.4 Å². The molecule has 0 fully saturated rings. The molecule has 0 aliphatic rings. The van der Waals surface area contributed by atoms with Gasteiger partial charge in [-0.1, -0.05) is 6.07 Å². The molecule has 0 bridgehead atoms. The molecule has 0 amide bonds. The van der Waals surface area contributed by atoms with Crippen LogP contribution in [0.25, 0.3) is 11.3 Å². The first kappa shape index (κ1) is 14.6. The lowest BCUT2D eigenvalue weighted by atomic mass is 10.1. The van der Waals surface area contributed by atoms with Crippen LogP contribution < -0.4 is 5.73 Å². The van der Waals surface area contributed by atoms with Gasteiger partial charge in [0.25, 0.3) is 0 Å². The van der Waals surface area contributed by atoms with Gasteiger partial charge in [-0.15, -0.1) is 0 Å². The van der Waals surface area contributed by atoms with Crippen LogP contribution in [-0.4, -0.2) is 14.9 Å². The van der Waals surface area contributed by atoms with Gasteiger partial charge in [0.2, 0.25) is 5.82 Å². The first-order valence-electron chi connectivity index (χ1n) is 5.34. The average molecular weight is 302 g/mol. The van der Waals surface area contributed by atoms with Crippen LogP contribution in [0.2, 0.25) is 0 Å². The summed E-state index contributed by atoms with van der Waals surface area (Å²) in [5, 5.41) is 10.9. The summed E-state index contributed by atoms with van der Waals surface area (Å²) in [5.41, 5.74) is 2.59. The first-order chi connectivity index (χ1) is 9.71. The van der Waals surface area contributed by atoms with Crippen molar-refractivity contribution in [1.29, 1.82) is 0 Å². The second-order valence-electron chi connectivity index (χ2n) is 3.91. The highest BCUT2D eigenvalue weighted by molar-refractivity contribution is 5.75. The van der Waals surface area contributed by atoms with Crippen LogP contribution in [0.1, 0.15) is 5.56 Å². The second-order valence-corrected chi connectivity index (χ2v) is 3.91. The Balaban J connectivity index is 2.62. The lowest BCUT2D eigenvalue weighted by molar-refractivity contribution is -0.383. The zero-order valence-electron chi connectivity index (χ0n) is 10.1. The molecule has 10 heteroatoms. The molecule has 110 valence electrons. The molecule has 1 heterocycles. The molecule has 0 spiro atoms. The minimum absolute atomic E-state index is 0.207. The summed E-state index contributed by atoms with van der Waals surface area (Å²) in [7, 11) is 0. The van der Waals surface area contributed by atoms with Crippen molar-refractivity contribution in [2.45, 2.75) is 6.18 Å². The van der Waals surface area contributed by atoms with Crippen LogP contribution >= 0.6 is 0 Å². The number of nitrogens with two attached hydrogens (primary N) is 1. The number of nitrogens with zero attached hydrogens (tertiary/aromatic N) is 3. The molecule has 0 atom stereocenters. The average Bonchev–Trinajstić information content (AvgIpc) is 2.36. The Morgan fingerprint density at radius 1 is 1.24 bits per heavy atom. The highest BCUT2D eigenvalue weighted by Crippen LogP contribution is 2.36. The van der Waals surface area contributed by atoms with Crippen molar-refractivity contribution >= 4 is 11.5 Å². The molecular formula is C11H6F4N4O2. The molecule has 21 heavy (non-hydrogen) atoms. The monoisotopic (exact) mass is 302 g/mol. The molecule has 1 aromatic carbocycles. The van der Waals surface area contributed by atoms with Crippen LogP contribution in [-0.2, 0) is 6.18 Å². The van der Waals surface area contributed by atoms with Gasteiger partial charge in [-0.05, 0) is 12.1 Å². The Hall–Kier alpha value is -2.78. The number of hydrogen-bond donors (Lipinski definition) is 1. The Bertz CT molecular complexity index is 718. The maximum atomic E-state index is 13.5. The fourth-order valence-corrected chi connectivity index (χ4v) is 1.68. The quantitative estimate of drug-likeness (QED) is 0.523. The number of hydrogen-bond acceptors (Lipinski definition) is 5. The predicted molar refractivity (Wildman–Crippen MR) is 63.5 cm³/mol. The lowest BCUT2D eigenvalue weighted by Gasteiger charge is -2.09. The van der Waals surface area contributed by atoms with Crippen molar-refractivity contribution in [2.75, 3.05) is 5.73 Å². The second kappa shape index (κ2) is 4.96. The van der Waals surface area contributed by atoms with E-state index in [4.69, 9.17) is 5.73 Å². The molecule has 0 saturated heterocycles. The Morgan fingerprint density at radius 2 is 1.90 bits per heavy atom. The van der Waals surface area contributed by atoms with Gasteiger partial charge in [-0.2, -0.15) is 13.2 Å². The van der Waals surface area contributed by atoms with Crippen LogP contribution in [0, 0.1) is 15.9 Å². The largest absolute Gasteiger partial charge is 0.419 e. The van der Waals surface area contributed by atoms with E-state index < -0.39 is 34.0 Å². The summed E-state index contributed by atoms with van der Waals surface area (Å²) in [6, 6.07) is 1.87. The maximum absolute atomic E-state index is 13.5. The topological polar surface area (TPSA) is 94.9 Å². The van der Waals surface area contributed by atoms with Gasteiger partial charge in [0, 0.05) is 5.56 Å². The highest BCUT2D eigenvalue weighted by atomic mass is 19.4. The number of benzene rings is 1. The fraction of sp³-hybridized carbons (Fsp3) is 0.0909. The third-order valence-electron chi connectivity index (χ3n) is 2.58. The molecular weight excluding hydrogens is 296 g/mol. The molecule has 0 unspecified atom stereocenters. The van der Waals surface area contributed by atoms with Gasteiger partial charge < -0.3 is 5.73 Å². The summed E-state index contributed by atoms with van der Waals surface area (Å²) >= 11 is 0. The van der Waals surface area contributed by atoms with Gasteiger partial charge >= 0.3 is 11.9 Å². The number of nitrogen functional groups attached to an aromatic ring is 1. The Kier molecular flexibility index (Phi) is 3.45. The zero-order valence-corrected chi connectivity index (χ0v) is 10.1. The van der Waals surface area contributed by atoms with Crippen molar-refractivity contribution in [3.05, 3.63) is 46.0 Å². The molecule has 2 N–H and O–H groups in total. The zero-order chi connectivity index (χ0) is 15.8. The van der Waals surface area contributed by atoms with Gasteiger partial charge in [0.05, 0.1) is 10.5 Å². The summed E-state index contributed by atoms with van der Waals surface area (Å²) in [6.45, 7) is 0. The standard InChI is InChI=1S/C11H6F4N4O2/c12-7-3-5(1-2-6(7)11(13,14)15)8-9(19(20)21)10(16)18-4-17-8/h1-4H,(H2,16,17,18). The minimum Gasteiger partial charge on any atom is -0.378 e. The number of alkyl halides is 3. The van der Waals surface area contributed by atoms with Crippen LogP contribution in [0.15, 0.2) is 24.5 Å². The molecule has 0 radical (unpaired) electrons. The van der Waals surface area contributed by atoms with E-state index in [2.05, 4.69) is 9.97 Å². The van der Waals surface area contributed by atoms with E-state index in [1.54, 1.807) is 0 Å². The van der Waals surface area contributed by atoms with Gasteiger partial charge in [0.15, 0.2) is 5.69 Å². The maximum Gasteiger partial charge on any atom is 0.419 e. The van der Waals surface area contributed by atoms with Gasteiger partial charge in [0.1, 0.15) is 12.1 Å². The van der Waals surface area contributed by atoms with Crippen LogP contribution in [0.5, 0.6) is 0 Å². The highest BCUT2D eigenvalue weighted by Gasteiger charge is 2.34. The smallest absolute Gasteiger partial charge is 0.378 e. The van der Waals surface area contributed by atoms with E-state index >= 15 is 0 Å².